The maximum absolute atomic E-state index is 12.8. The fourth-order valence-corrected chi connectivity index (χ4v) is 1.60. The second-order valence-electron chi connectivity index (χ2n) is 4.52. The quantitative estimate of drug-likeness (QED) is 0.649. The van der Waals surface area contributed by atoms with Gasteiger partial charge in [0.2, 0.25) is 0 Å². The van der Waals surface area contributed by atoms with Crippen molar-refractivity contribution < 1.29 is 13.7 Å². The van der Waals surface area contributed by atoms with Gasteiger partial charge in [-0.2, -0.15) is 0 Å². The molecule has 0 bridgehead atoms. The van der Waals surface area contributed by atoms with Crippen molar-refractivity contribution >= 4 is 11.4 Å². The number of nitro benzene ring substituents is 1. The lowest BCUT2D eigenvalue weighted by molar-refractivity contribution is -0.385. The Kier molecular flexibility index (Phi) is 2.73. The van der Waals surface area contributed by atoms with E-state index in [1.165, 1.54) is 12.1 Å². The molecule has 6 heteroatoms. The molecule has 1 aliphatic rings. The molecule has 1 aliphatic carbocycles. The van der Waals surface area contributed by atoms with Crippen LogP contribution in [-0.2, 0) is 0 Å². The number of halogens is 2. The van der Waals surface area contributed by atoms with E-state index in [-0.39, 0.29) is 22.5 Å². The van der Waals surface area contributed by atoms with Crippen LogP contribution < -0.4 is 5.32 Å². The number of nitro groups is 1. The van der Waals surface area contributed by atoms with Gasteiger partial charge < -0.3 is 5.32 Å². The Morgan fingerprint density at radius 3 is 2.59 bits per heavy atom. The highest BCUT2D eigenvalue weighted by atomic mass is 19.3. The standard InChI is InChI=1S/C11H12F2N2O2/c1-11(4-5-11)14-9-3-2-7(15(16)17)6-8(9)10(12)13/h2-3,6,10,14H,4-5H2,1H3. The van der Waals surface area contributed by atoms with Gasteiger partial charge in [0.25, 0.3) is 12.1 Å². The van der Waals surface area contributed by atoms with E-state index in [0.29, 0.717) is 0 Å². The number of benzene rings is 1. The first-order valence-corrected chi connectivity index (χ1v) is 5.26. The molecule has 0 spiro atoms. The van der Waals surface area contributed by atoms with Crippen LogP contribution in [-0.4, -0.2) is 10.5 Å². The minimum atomic E-state index is -2.72. The van der Waals surface area contributed by atoms with Crippen molar-refractivity contribution in [3.63, 3.8) is 0 Å². The van der Waals surface area contributed by atoms with Gasteiger partial charge in [0.05, 0.1) is 4.92 Å². The first-order valence-electron chi connectivity index (χ1n) is 5.26. The average Bonchev–Trinajstić information content (AvgIpc) is 2.96. The molecule has 92 valence electrons. The van der Waals surface area contributed by atoms with Crippen LogP contribution >= 0.6 is 0 Å². The third kappa shape index (κ3) is 2.51. The SMILES string of the molecule is CC1(Nc2ccc([N+](=O)[O-])cc2C(F)F)CC1. The van der Waals surface area contributed by atoms with E-state index in [1.54, 1.807) is 0 Å². The van der Waals surface area contributed by atoms with E-state index in [2.05, 4.69) is 5.32 Å². The van der Waals surface area contributed by atoms with Gasteiger partial charge >= 0.3 is 0 Å². The van der Waals surface area contributed by atoms with Crippen molar-refractivity contribution in [1.82, 2.24) is 0 Å². The van der Waals surface area contributed by atoms with Crippen LogP contribution in [0.1, 0.15) is 31.8 Å². The third-order valence-electron chi connectivity index (χ3n) is 2.92. The van der Waals surface area contributed by atoms with Gasteiger partial charge in [-0.3, -0.25) is 10.1 Å². The van der Waals surface area contributed by atoms with Crippen LogP contribution in [0, 0.1) is 10.1 Å². The third-order valence-corrected chi connectivity index (χ3v) is 2.92. The Hall–Kier alpha value is -1.72. The molecule has 0 aromatic heterocycles. The van der Waals surface area contributed by atoms with Crippen LogP contribution in [0.4, 0.5) is 20.2 Å². The first-order chi connectivity index (χ1) is 7.91. The lowest BCUT2D eigenvalue weighted by Crippen LogP contribution is -2.17. The maximum Gasteiger partial charge on any atom is 0.270 e. The fraction of sp³-hybridized carbons (Fsp3) is 0.455. The number of hydrogen-bond donors (Lipinski definition) is 1. The zero-order valence-corrected chi connectivity index (χ0v) is 9.24. The number of rotatable bonds is 4. The summed E-state index contributed by atoms with van der Waals surface area (Å²) < 4.78 is 25.6. The van der Waals surface area contributed by atoms with E-state index in [0.717, 1.165) is 18.9 Å². The summed E-state index contributed by atoms with van der Waals surface area (Å²) in [5.41, 5.74) is -0.482. The largest absolute Gasteiger partial charge is 0.379 e. The predicted molar refractivity (Wildman–Crippen MR) is 59.3 cm³/mol. The Bertz CT molecular complexity index is 459. The molecule has 0 saturated heterocycles. The Morgan fingerprint density at radius 2 is 2.12 bits per heavy atom. The number of alkyl halides is 2. The molecular formula is C11H12F2N2O2. The molecule has 0 aliphatic heterocycles. The van der Waals surface area contributed by atoms with Gasteiger partial charge in [0.1, 0.15) is 0 Å². The van der Waals surface area contributed by atoms with E-state index < -0.39 is 11.3 Å². The zero-order valence-electron chi connectivity index (χ0n) is 9.24. The van der Waals surface area contributed by atoms with Crippen LogP contribution in [0.5, 0.6) is 0 Å². The molecule has 0 atom stereocenters. The topological polar surface area (TPSA) is 55.2 Å². The van der Waals surface area contributed by atoms with Crippen molar-refractivity contribution in [2.45, 2.75) is 31.7 Å². The lowest BCUT2D eigenvalue weighted by atomic mass is 10.1. The highest BCUT2D eigenvalue weighted by Crippen LogP contribution is 2.41. The van der Waals surface area contributed by atoms with Crippen molar-refractivity contribution in [3.05, 3.63) is 33.9 Å². The van der Waals surface area contributed by atoms with Gasteiger partial charge in [0.15, 0.2) is 0 Å². The van der Waals surface area contributed by atoms with Crippen molar-refractivity contribution in [2.75, 3.05) is 5.32 Å². The molecule has 4 nitrogen and oxygen atoms in total. The van der Waals surface area contributed by atoms with Crippen molar-refractivity contribution in [1.29, 1.82) is 0 Å². The zero-order chi connectivity index (χ0) is 12.6. The summed E-state index contributed by atoms with van der Waals surface area (Å²) in [6.07, 6.45) is -0.876. The number of non-ortho nitro benzene ring substituents is 1. The first kappa shape index (κ1) is 11.8. The van der Waals surface area contributed by atoms with Crippen LogP contribution in [0.3, 0.4) is 0 Å². The van der Waals surface area contributed by atoms with Gasteiger partial charge in [0, 0.05) is 28.9 Å². The highest BCUT2D eigenvalue weighted by molar-refractivity contribution is 5.58. The monoisotopic (exact) mass is 242 g/mol. The average molecular weight is 242 g/mol. The summed E-state index contributed by atoms with van der Waals surface area (Å²) >= 11 is 0. The molecule has 1 N–H and O–H groups in total. The molecule has 0 radical (unpaired) electrons. The van der Waals surface area contributed by atoms with Gasteiger partial charge in [-0.05, 0) is 25.8 Å². The second-order valence-corrected chi connectivity index (χ2v) is 4.52. The lowest BCUT2D eigenvalue weighted by Gasteiger charge is -2.16. The Labute approximate surface area is 96.8 Å². The van der Waals surface area contributed by atoms with E-state index in [4.69, 9.17) is 0 Å². The van der Waals surface area contributed by atoms with Crippen LogP contribution in [0.15, 0.2) is 18.2 Å². The van der Waals surface area contributed by atoms with Crippen LogP contribution in [0.2, 0.25) is 0 Å². The Morgan fingerprint density at radius 1 is 1.47 bits per heavy atom. The molecule has 1 aromatic carbocycles. The van der Waals surface area contributed by atoms with Crippen molar-refractivity contribution in [2.24, 2.45) is 0 Å². The summed E-state index contributed by atoms with van der Waals surface area (Å²) in [5.74, 6) is 0. The molecule has 0 amide bonds. The normalized spacial score (nSPS) is 16.9. The molecule has 0 heterocycles. The smallest absolute Gasteiger partial charge is 0.270 e. The molecule has 1 fully saturated rings. The summed E-state index contributed by atoms with van der Waals surface area (Å²) in [6.45, 7) is 1.93. The summed E-state index contributed by atoms with van der Waals surface area (Å²) in [5, 5.41) is 13.5. The van der Waals surface area contributed by atoms with E-state index in [1.807, 2.05) is 6.92 Å². The number of nitrogens with zero attached hydrogens (tertiary/aromatic N) is 1. The molecule has 0 unspecified atom stereocenters. The highest BCUT2D eigenvalue weighted by Gasteiger charge is 2.38. The molecule has 17 heavy (non-hydrogen) atoms. The number of anilines is 1. The molecule has 1 aromatic rings. The molecule has 2 rings (SSSR count). The van der Waals surface area contributed by atoms with Gasteiger partial charge in [-0.15, -0.1) is 0 Å². The number of hydrogen-bond acceptors (Lipinski definition) is 3. The molecule has 1 saturated carbocycles. The minimum absolute atomic E-state index is 0.139. The fourth-order valence-electron chi connectivity index (χ4n) is 1.60. The Balaban J connectivity index is 2.34. The molecular weight excluding hydrogens is 230 g/mol. The van der Waals surface area contributed by atoms with E-state index in [9.17, 15) is 18.9 Å². The van der Waals surface area contributed by atoms with Gasteiger partial charge in [-0.1, -0.05) is 0 Å². The maximum atomic E-state index is 12.8. The minimum Gasteiger partial charge on any atom is -0.379 e. The second kappa shape index (κ2) is 3.94. The van der Waals surface area contributed by atoms with E-state index >= 15 is 0 Å². The summed E-state index contributed by atoms with van der Waals surface area (Å²) in [7, 11) is 0. The summed E-state index contributed by atoms with van der Waals surface area (Å²) in [6, 6.07) is 3.52. The van der Waals surface area contributed by atoms with Crippen molar-refractivity contribution in [3.8, 4) is 0 Å². The number of nitrogens with one attached hydrogen (secondary N) is 1. The van der Waals surface area contributed by atoms with Gasteiger partial charge in [-0.25, -0.2) is 8.78 Å². The predicted octanol–water partition coefficient (Wildman–Crippen LogP) is 3.50. The summed E-state index contributed by atoms with van der Waals surface area (Å²) in [4.78, 5) is 9.85. The van der Waals surface area contributed by atoms with Crippen LogP contribution in [0.25, 0.3) is 0 Å².